The highest BCUT2D eigenvalue weighted by Gasteiger charge is 2.15. The van der Waals surface area contributed by atoms with Gasteiger partial charge < -0.3 is 10.2 Å². The summed E-state index contributed by atoms with van der Waals surface area (Å²) in [5.74, 6) is -0.301. The minimum absolute atomic E-state index is 0.0780. The van der Waals surface area contributed by atoms with Crippen LogP contribution in [0, 0.1) is 0 Å². The number of amides is 2. The largest absolute Gasteiger partial charge is 0.342 e. The van der Waals surface area contributed by atoms with E-state index in [9.17, 15) is 18.0 Å². The lowest BCUT2D eigenvalue weighted by Gasteiger charge is -2.20. The zero-order valence-electron chi connectivity index (χ0n) is 13.6. The summed E-state index contributed by atoms with van der Waals surface area (Å²) in [4.78, 5) is 24.0. The fraction of sp³-hybridized carbons (Fsp3) is 0.467. The van der Waals surface area contributed by atoms with Crippen LogP contribution in [0.15, 0.2) is 29.2 Å². The molecule has 23 heavy (non-hydrogen) atoms. The number of hydrogen-bond donors (Lipinski definition) is 2. The Morgan fingerprint density at radius 3 is 2.17 bits per heavy atom. The first-order chi connectivity index (χ1) is 10.8. The van der Waals surface area contributed by atoms with Crippen molar-refractivity contribution in [3.63, 3.8) is 0 Å². The highest BCUT2D eigenvalue weighted by molar-refractivity contribution is 7.89. The number of sulfonamides is 1. The van der Waals surface area contributed by atoms with Crippen LogP contribution in [0.1, 0.15) is 27.2 Å². The fourth-order valence-electron chi connectivity index (χ4n) is 2.02. The molecule has 0 atom stereocenters. The van der Waals surface area contributed by atoms with E-state index in [1.165, 1.54) is 38.1 Å². The average molecular weight is 341 g/mol. The minimum atomic E-state index is -3.64. The summed E-state index contributed by atoms with van der Waals surface area (Å²) in [5, 5.41) is 2.57. The molecule has 0 aromatic heterocycles. The smallest absolute Gasteiger partial charge is 0.240 e. The number of nitrogens with zero attached hydrogens (tertiary/aromatic N) is 1. The van der Waals surface area contributed by atoms with Crippen LogP contribution < -0.4 is 10.0 Å². The van der Waals surface area contributed by atoms with Crippen molar-refractivity contribution in [1.29, 1.82) is 0 Å². The van der Waals surface area contributed by atoms with E-state index in [1.54, 1.807) is 4.90 Å². The number of nitrogens with one attached hydrogen (secondary N) is 2. The molecule has 128 valence electrons. The summed E-state index contributed by atoms with van der Waals surface area (Å²) < 4.78 is 26.8. The van der Waals surface area contributed by atoms with Gasteiger partial charge in [0, 0.05) is 39.2 Å². The molecule has 1 aromatic carbocycles. The molecule has 0 aliphatic carbocycles. The summed E-state index contributed by atoms with van der Waals surface area (Å²) >= 11 is 0. The molecular formula is C15H23N3O4S. The third-order valence-corrected chi connectivity index (χ3v) is 4.57. The molecule has 1 aromatic rings. The Kier molecular flexibility index (Phi) is 7.18. The second-order valence-electron chi connectivity index (χ2n) is 5.11. The molecule has 8 heteroatoms. The van der Waals surface area contributed by atoms with Gasteiger partial charge in [-0.05, 0) is 30.7 Å². The van der Waals surface area contributed by atoms with Crippen LogP contribution in [0.2, 0.25) is 0 Å². The Hall–Kier alpha value is -1.93. The van der Waals surface area contributed by atoms with Gasteiger partial charge in [-0.25, -0.2) is 13.1 Å². The van der Waals surface area contributed by atoms with Crippen molar-refractivity contribution < 1.29 is 18.0 Å². The van der Waals surface area contributed by atoms with Crippen molar-refractivity contribution >= 4 is 27.5 Å². The van der Waals surface area contributed by atoms with Crippen molar-refractivity contribution in [2.24, 2.45) is 0 Å². The molecule has 0 radical (unpaired) electrons. The lowest BCUT2D eigenvalue weighted by Crippen LogP contribution is -2.37. The van der Waals surface area contributed by atoms with Crippen molar-refractivity contribution in [2.45, 2.75) is 32.1 Å². The fourth-order valence-corrected chi connectivity index (χ4v) is 3.04. The van der Waals surface area contributed by atoms with Crippen LogP contribution in [-0.2, 0) is 19.6 Å². The van der Waals surface area contributed by atoms with Gasteiger partial charge in [-0.2, -0.15) is 0 Å². The van der Waals surface area contributed by atoms with Crippen LogP contribution in [0.3, 0.4) is 0 Å². The zero-order chi connectivity index (χ0) is 17.5. The van der Waals surface area contributed by atoms with Crippen LogP contribution in [0.5, 0.6) is 0 Å². The molecule has 0 heterocycles. The third-order valence-electron chi connectivity index (χ3n) is 3.10. The normalized spacial score (nSPS) is 11.1. The van der Waals surface area contributed by atoms with E-state index in [2.05, 4.69) is 10.0 Å². The van der Waals surface area contributed by atoms with E-state index in [0.717, 1.165) is 6.42 Å². The third kappa shape index (κ3) is 6.37. The van der Waals surface area contributed by atoms with Gasteiger partial charge in [0.25, 0.3) is 0 Å². The molecule has 0 fully saturated rings. The number of benzene rings is 1. The average Bonchev–Trinajstić information content (AvgIpc) is 2.46. The van der Waals surface area contributed by atoms with Gasteiger partial charge in [-0.15, -0.1) is 0 Å². The molecule has 0 saturated heterocycles. The molecule has 1 rings (SSSR count). The molecule has 0 spiro atoms. The first kappa shape index (κ1) is 19.1. The Morgan fingerprint density at radius 1 is 1.09 bits per heavy atom. The summed E-state index contributed by atoms with van der Waals surface area (Å²) in [6.07, 6.45) is 0.816. The number of hydrogen-bond acceptors (Lipinski definition) is 4. The van der Waals surface area contributed by atoms with E-state index in [0.29, 0.717) is 18.8 Å². The topological polar surface area (TPSA) is 95.6 Å². The lowest BCUT2D eigenvalue weighted by atomic mass is 10.3. The Labute approximate surface area is 137 Å². The van der Waals surface area contributed by atoms with E-state index in [1.807, 2.05) is 6.92 Å². The van der Waals surface area contributed by atoms with E-state index in [-0.39, 0.29) is 23.3 Å². The van der Waals surface area contributed by atoms with Gasteiger partial charge in [0.1, 0.15) is 0 Å². The van der Waals surface area contributed by atoms with Gasteiger partial charge in [-0.1, -0.05) is 6.92 Å². The summed E-state index contributed by atoms with van der Waals surface area (Å²) in [6, 6.07) is 5.88. The van der Waals surface area contributed by atoms with Crippen molar-refractivity contribution in [1.82, 2.24) is 9.62 Å². The standard InChI is InChI=1S/C15H23N3O4S/c1-4-10-18(13(3)20)11-9-16-23(21,22)15-7-5-14(6-8-15)17-12(2)19/h5-8,16H,4,9-11H2,1-3H3,(H,17,19). The minimum Gasteiger partial charge on any atom is -0.342 e. The van der Waals surface area contributed by atoms with Gasteiger partial charge in [0.2, 0.25) is 21.8 Å². The molecule has 0 bridgehead atoms. The maximum absolute atomic E-state index is 12.2. The first-order valence-corrected chi connectivity index (χ1v) is 8.87. The monoisotopic (exact) mass is 341 g/mol. The SMILES string of the molecule is CCCN(CCNS(=O)(=O)c1ccc(NC(C)=O)cc1)C(C)=O. The van der Waals surface area contributed by atoms with E-state index < -0.39 is 10.0 Å². The van der Waals surface area contributed by atoms with E-state index >= 15 is 0 Å². The molecule has 2 amide bonds. The molecular weight excluding hydrogens is 318 g/mol. The van der Waals surface area contributed by atoms with Crippen molar-refractivity contribution in [3.8, 4) is 0 Å². The summed E-state index contributed by atoms with van der Waals surface area (Å²) in [5.41, 5.74) is 0.530. The molecule has 0 aliphatic rings. The maximum Gasteiger partial charge on any atom is 0.240 e. The van der Waals surface area contributed by atoms with E-state index in [4.69, 9.17) is 0 Å². The molecule has 7 nitrogen and oxygen atoms in total. The van der Waals surface area contributed by atoms with Crippen LogP contribution in [0.25, 0.3) is 0 Å². The van der Waals surface area contributed by atoms with Gasteiger partial charge in [0.05, 0.1) is 4.90 Å². The predicted molar refractivity (Wildman–Crippen MR) is 88.5 cm³/mol. The Balaban J connectivity index is 2.65. The highest BCUT2D eigenvalue weighted by Crippen LogP contribution is 2.13. The molecule has 2 N–H and O–H groups in total. The predicted octanol–water partition coefficient (Wildman–Crippen LogP) is 1.18. The van der Waals surface area contributed by atoms with Crippen LogP contribution in [0.4, 0.5) is 5.69 Å². The number of rotatable bonds is 8. The molecule has 0 saturated carbocycles. The summed E-state index contributed by atoms with van der Waals surface area (Å²) in [6.45, 7) is 5.87. The van der Waals surface area contributed by atoms with Crippen molar-refractivity contribution in [3.05, 3.63) is 24.3 Å². The van der Waals surface area contributed by atoms with Gasteiger partial charge in [0.15, 0.2) is 0 Å². The Bertz CT molecular complexity index is 641. The second kappa shape index (κ2) is 8.64. The maximum atomic E-state index is 12.2. The molecule has 0 aliphatic heterocycles. The Morgan fingerprint density at radius 2 is 1.70 bits per heavy atom. The van der Waals surface area contributed by atoms with Crippen LogP contribution in [-0.4, -0.2) is 44.8 Å². The number of carbonyl (C=O) groups is 2. The highest BCUT2D eigenvalue weighted by atomic mass is 32.2. The lowest BCUT2D eigenvalue weighted by molar-refractivity contribution is -0.128. The number of anilines is 1. The quantitative estimate of drug-likeness (QED) is 0.742. The summed E-state index contributed by atoms with van der Waals surface area (Å²) in [7, 11) is -3.64. The second-order valence-corrected chi connectivity index (χ2v) is 6.88. The van der Waals surface area contributed by atoms with Gasteiger partial charge >= 0.3 is 0 Å². The van der Waals surface area contributed by atoms with Crippen molar-refractivity contribution in [2.75, 3.05) is 25.0 Å². The van der Waals surface area contributed by atoms with Crippen LogP contribution >= 0.6 is 0 Å². The first-order valence-electron chi connectivity index (χ1n) is 7.39. The number of carbonyl (C=O) groups excluding carboxylic acids is 2. The van der Waals surface area contributed by atoms with Gasteiger partial charge in [-0.3, -0.25) is 9.59 Å². The molecule has 0 unspecified atom stereocenters. The zero-order valence-corrected chi connectivity index (χ0v) is 14.4.